The van der Waals surface area contributed by atoms with Crippen molar-refractivity contribution in [3.05, 3.63) is 206 Å². The largest absolute Gasteiger partial charge is 0.309 e. The molecule has 0 unspecified atom stereocenters. The Bertz CT molecular complexity index is 3550. The minimum Gasteiger partial charge on any atom is -0.309 e. The van der Waals surface area contributed by atoms with Crippen LogP contribution in [0.15, 0.2) is 206 Å². The Morgan fingerprint density at radius 2 is 0.831 bits per heavy atom. The van der Waals surface area contributed by atoms with E-state index in [0.717, 1.165) is 27.8 Å². The maximum absolute atomic E-state index is 5.11. The molecule has 0 aliphatic rings. The fourth-order valence-electron chi connectivity index (χ4n) is 9.06. The van der Waals surface area contributed by atoms with E-state index in [1.165, 1.54) is 70.6 Å². The van der Waals surface area contributed by atoms with E-state index in [1.807, 2.05) is 36.4 Å². The summed E-state index contributed by atoms with van der Waals surface area (Å²) in [6.45, 7) is 0. The van der Waals surface area contributed by atoms with Crippen LogP contribution in [-0.2, 0) is 0 Å². The standard InChI is InChI=1S/C55H34N4/c1-3-15-36(16-4-1)53-56-54(37-17-5-2-6-18-37)58-55(57-53)40-27-30-45-43-20-9-10-21-44(43)47-24-13-23-42(52(47)49(45)34-40)39-28-31-51-48(33-39)46-22-11-12-25-50(46)59(51)41-29-26-35-14-7-8-19-38(35)32-41/h1-34H. The van der Waals surface area contributed by atoms with Crippen molar-refractivity contribution < 1.29 is 0 Å². The first kappa shape index (κ1) is 33.2. The summed E-state index contributed by atoms with van der Waals surface area (Å²) in [4.78, 5) is 15.2. The summed E-state index contributed by atoms with van der Waals surface area (Å²) in [7, 11) is 0. The van der Waals surface area contributed by atoms with E-state index in [1.54, 1.807) is 0 Å². The molecule has 4 heteroatoms. The Labute approximate surface area is 340 Å². The first-order valence-electron chi connectivity index (χ1n) is 20.0. The normalized spacial score (nSPS) is 11.7. The van der Waals surface area contributed by atoms with E-state index < -0.39 is 0 Å². The second-order valence-corrected chi connectivity index (χ2v) is 15.2. The smallest absolute Gasteiger partial charge is 0.164 e. The van der Waals surface area contributed by atoms with Gasteiger partial charge in [0.2, 0.25) is 0 Å². The first-order chi connectivity index (χ1) is 29.2. The third-order valence-corrected chi connectivity index (χ3v) is 11.8. The van der Waals surface area contributed by atoms with Gasteiger partial charge in [0, 0.05) is 33.2 Å². The molecule has 12 rings (SSSR count). The molecule has 10 aromatic carbocycles. The Hall–Kier alpha value is -7.95. The molecule has 0 saturated carbocycles. The zero-order chi connectivity index (χ0) is 38.9. The highest BCUT2D eigenvalue weighted by molar-refractivity contribution is 6.29. The fraction of sp³-hybridized carbons (Fsp3) is 0. The van der Waals surface area contributed by atoms with Gasteiger partial charge in [0.05, 0.1) is 11.0 Å². The highest BCUT2D eigenvalue weighted by Crippen LogP contribution is 2.43. The van der Waals surface area contributed by atoms with Gasteiger partial charge in [-0.05, 0) is 90.6 Å². The van der Waals surface area contributed by atoms with Gasteiger partial charge in [-0.1, -0.05) is 170 Å². The third-order valence-electron chi connectivity index (χ3n) is 11.8. The summed E-state index contributed by atoms with van der Waals surface area (Å²) < 4.78 is 2.40. The Kier molecular flexibility index (Phi) is 7.50. The highest BCUT2D eigenvalue weighted by atomic mass is 15.0. The van der Waals surface area contributed by atoms with Crippen LogP contribution in [0.1, 0.15) is 0 Å². The molecule has 0 fully saturated rings. The molecule has 2 aromatic heterocycles. The molecule has 0 aliphatic heterocycles. The van der Waals surface area contributed by atoms with Crippen LogP contribution in [0.5, 0.6) is 0 Å². The molecule has 0 amide bonds. The SMILES string of the molecule is c1ccc(-c2nc(-c3ccccc3)nc(-c3ccc4c5ccccc5c5cccc(-c6ccc7c(c6)c6ccccc6n7-c6ccc7ccccc7c6)c5c4c3)n2)cc1. The van der Waals surface area contributed by atoms with E-state index >= 15 is 0 Å². The van der Waals surface area contributed by atoms with Gasteiger partial charge in [0.1, 0.15) is 0 Å². The molecular weight excluding hydrogens is 717 g/mol. The van der Waals surface area contributed by atoms with Crippen LogP contribution in [0.4, 0.5) is 0 Å². The van der Waals surface area contributed by atoms with Gasteiger partial charge >= 0.3 is 0 Å². The van der Waals surface area contributed by atoms with Crippen LogP contribution in [0, 0.1) is 0 Å². The lowest BCUT2D eigenvalue weighted by atomic mass is 9.88. The van der Waals surface area contributed by atoms with E-state index in [4.69, 9.17) is 15.0 Å². The van der Waals surface area contributed by atoms with Crippen LogP contribution < -0.4 is 0 Å². The number of hydrogen-bond acceptors (Lipinski definition) is 3. The van der Waals surface area contributed by atoms with Crippen LogP contribution in [0.3, 0.4) is 0 Å². The number of rotatable bonds is 5. The summed E-state index contributed by atoms with van der Waals surface area (Å²) >= 11 is 0. The zero-order valence-electron chi connectivity index (χ0n) is 31.9. The number of benzene rings is 10. The van der Waals surface area contributed by atoms with Crippen molar-refractivity contribution in [2.24, 2.45) is 0 Å². The lowest BCUT2D eigenvalue weighted by Gasteiger charge is -2.16. The average Bonchev–Trinajstić information content (AvgIpc) is 3.65. The van der Waals surface area contributed by atoms with Crippen molar-refractivity contribution in [2.75, 3.05) is 0 Å². The van der Waals surface area contributed by atoms with E-state index in [0.29, 0.717) is 17.5 Å². The summed E-state index contributed by atoms with van der Waals surface area (Å²) in [6, 6.07) is 73.6. The number of fused-ring (bicyclic) bond motifs is 10. The van der Waals surface area contributed by atoms with E-state index in [9.17, 15) is 0 Å². The predicted molar refractivity (Wildman–Crippen MR) is 246 cm³/mol. The molecule has 0 N–H and O–H groups in total. The summed E-state index contributed by atoms with van der Waals surface area (Å²) in [5.74, 6) is 1.94. The van der Waals surface area contributed by atoms with Gasteiger partial charge in [0.15, 0.2) is 17.5 Å². The van der Waals surface area contributed by atoms with Crippen molar-refractivity contribution in [1.82, 2.24) is 19.5 Å². The molecule has 0 atom stereocenters. The van der Waals surface area contributed by atoms with Crippen molar-refractivity contribution in [1.29, 1.82) is 0 Å². The number of nitrogens with zero attached hydrogens (tertiary/aromatic N) is 4. The topological polar surface area (TPSA) is 43.6 Å². The van der Waals surface area contributed by atoms with Crippen LogP contribution >= 0.6 is 0 Å². The van der Waals surface area contributed by atoms with Crippen LogP contribution in [0.2, 0.25) is 0 Å². The van der Waals surface area contributed by atoms with Gasteiger partial charge in [-0.25, -0.2) is 15.0 Å². The van der Waals surface area contributed by atoms with Crippen molar-refractivity contribution in [3.63, 3.8) is 0 Å². The average molecular weight is 751 g/mol. The molecule has 0 bridgehead atoms. The predicted octanol–water partition coefficient (Wildman–Crippen LogP) is 14.2. The monoisotopic (exact) mass is 750 g/mol. The van der Waals surface area contributed by atoms with Crippen molar-refractivity contribution in [2.45, 2.75) is 0 Å². The molecular formula is C55H34N4. The Morgan fingerprint density at radius 1 is 0.288 bits per heavy atom. The maximum atomic E-state index is 5.11. The quantitative estimate of drug-likeness (QED) is 0.165. The highest BCUT2D eigenvalue weighted by Gasteiger charge is 2.19. The maximum Gasteiger partial charge on any atom is 0.164 e. The first-order valence-corrected chi connectivity index (χ1v) is 20.0. The fourth-order valence-corrected chi connectivity index (χ4v) is 9.06. The molecule has 0 saturated heterocycles. The molecule has 12 aromatic rings. The molecule has 0 aliphatic carbocycles. The molecule has 0 radical (unpaired) electrons. The molecule has 274 valence electrons. The van der Waals surface area contributed by atoms with Crippen LogP contribution in [0.25, 0.3) is 116 Å². The molecule has 59 heavy (non-hydrogen) atoms. The minimum atomic E-state index is 0.640. The van der Waals surface area contributed by atoms with Gasteiger partial charge in [-0.15, -0.1) is 0 Å². The van der Waals surface area contributed by atoms with E-state index in [2.05, 4.69) is 174 Å². The van der Waals surface area contributed by atoms with Gasteiger partial charge < -0.3 is 4.57 Å². The van der Waals surface area contributed by atoms with Crippen LogP contribution in [-0.4, -0.2) is 19.5 Å². The Morgan fingerprint density at radius 3 is 1.58 bits per heavy atom. The van der Waals surface area contributed by atoms with Gasteiger partial charge in [-0.2, -0.15) is 0 Å². The summed E-state index contributed by atoms with van der Waals surface area (Å²) in [5.41, 5.74) is 8.72. The molecule has 4 nitrogen and oxygen atoms in total. The minimum absolute atomic E-state index is 0.640. The summed E-state index contributed by atoms with van der Waals surface area (Å²) in [5, 5.41) is 12.2. The van der Waals surface area contributed by atoms with E-state index in [-0.39, 0.29) is 0 Å². The lowest BCUT2D eigenvalue weighted by molar-refractivity contribution is 1.07. The van der Waals surface area contributed by atoms with Crippen molar-refractivity contribution in [3.8, 4) is 51.0 Å². The molecule has 2 heterocycles. The van der Waals surface area contributed by atoms with Crippen molar-refractivity contribution >= 4 is 64.9 Å². The number of hydrogen-bond donors (Lipinski definition) is 0. The summed E-state index contributed by atoms with van der Waals surface area (Å²) in [6.07, 6.45) is 0. The number of aromatic nitrogens is 4. The van der Waals surface area contributed by atoms with Gasteiger partial charge in [-0.3, -0.25) is 0 Å². The lowest BCUT2D eigenvalue weighted by Crippen LogP contribution is -2.00. The van der Waals surface area contributed by atoms with Gasteiger partial charge in [0.25, 0.3) is 0 Å². The zero-order valence-corrected chi connectivity index (χ0v) is 31.9. The Balaban J connectivity index is 1.10. The number of para-hydroxylation sites is 1. The molecule has 0 spiro atoms. The second kappa shape index (κ2) is 13.3. The second-order valence-electron chi connectivity index (χ2n) is 15.2. The third kappa shape index (κ3) is 5.42.